The highest BCUT2D eigenvalue weighted by atomic mass is 79.9. The average molecular weight is 341 g/mol. The van der Waals surface area contributed by atoms with Crippen LogP contribution < -0.4 is 5.32 Å². The molecule has 1 aliphatic heterocycles. The molecular weight excluding hydrogens is 324 g/mol. The molecule has 5 nitrogen and oxygen atoms in total. The number of carbonyl (C=O) groups excluding carboxylic acids is 1. The third-order valence-electron chi connectivity index (χ3n) is 3.43. The highest BCUT2D eigenvalue weighted by molar-refractivity contribution is 9.10. The molecule has 1 unspecified atom stereocenters. The Morgan fingerprint density at radius 1 is 1.35 bits per heavy atom. The summed E-state index contributed by atoms with van der Waals surface area (Å²) in [6.45, 7) is 1.37. The summed E-state index contributed by atoms with van der Waals surface area (Å²) >= 11 is 3.37. The van der Waals surface area contributed by atoms with Crippen LogP contribution in [0.5, 0.6) is 0 Å². The van der Waals surface area contributed by atoms with E-state index in [4.69, 9.17) is 5.11 Å². The van der Waals surface area contributed by atoms with Crippen LogP contribution in [0.15, 0.2) is 28.7 Å². The van der Waals surface area contributed by atoms with Crippen molar-refractivity contribution >= 4 is 27.9 Å². The van der Waals surface area contributed by atoms with Crippen molar-refractivity contribution in [1.82, 2.24) is 10.2 Å². The number of amides is 2. The number of urea groups is 1. The first kappa shape index (κ1) is 14.8. The van der Waals surface area contributed by atoms with E-state index >= 15 is 0 Å². The van der Waals surface area contributed by atoms with Gasteiger partial charge in [0, 0.05) is 24.1 Å². The van der Waals surface area contributed by atoms with Gasteiger partial charge in [-0.05, 0) is 30.5 Å². The van der Waals surface area contributed by atoms with E-state index in [1.807, 2.05) is 24.3 Å². The molecule has 0 spiro atoms. The second-order valence-corrected chi connectivity index (χ2v) is 5.79. The Hall–Kier alpha value is -1.56. The van der Waals surface area contributed by atoms with Crippen LogP contribution in [0.3, 0.4) is 0 Å². The van der Waals surface area contributed by atoms with Crippen LogP contribution in [0.1, 0.15) is 12.0 Å². The minimum absolute atomic E-state index is 0.175. The van der Waals surface area contributed by atoms with Crippen LogP contribution in [0, 0.1) is 5.92 Å². The molecule has 0 saturated carbocycles. The van der Waals surface area contributed by atoms with Crippen LogP contribution in [-0.4, -0.2) is 41.6 Å². The van der Waals surface area contributed by atoms with Crippen molar-refractivity contribution in [2.24, 2.45) is 5.92 Å². The molecule has 1 aromatic carbocycles. The predicted molar refractivity (Wildman–Crippen MR) is 78.6 cm³/mol. The second kappa shape index (κ2) is 6.74. The monoisotopic (exact) mass is 340 g/mol. The van der Waals surface area contributed by atoms with E-state index in [1.54, 1.807) is 4.90 Å². The van der Waals surface area contributed by atoms with Crippen LogP contribution in [-0.2, 0) is 11.2 Å². The van der Waals surface area contributed by atoms with Gasteiger partial charge in [0.25, 0.3) is 0 Å². The SMILES string of the molecule is O=C(O)C1CCN(C(=O)NCCc2ccc(Br)cc2)C1. The first-order valence-corrected chi connectivity index (χ1v) is 7.35. The van der Waals surface area contributed by atoms with E-state index in [0.717, 1.165) is 16.5 Å². The number of aliphatic carboxylic acids is 1. The highest BCUT2D eigenvalue weighted by Crippen LogP contribution is 2.16. The van der Waals surface area contributed by atoms with Crippen LogP contribution in [0.4, 0.5) is 4.79 Å². The number of hydrogen-bond acceptors (Lipinski definition) is 2. The van der Waals surface area contributed by atoms with Gasteiger partial charge in [-0.25, -0.2) is 4.79 Å². The molecule has 2 amide bonds. The maximum absolute atomic E-state index is 11.9. The summed E-state index contributed by atoms with van der Waals surface area (Å²) in [6, 6.07) is 7.77. The fourth-order valence-electron chi connectivity index (χ4n) is 2.22. The zero-order chi connectivity index (χ0) is 14.5. The minimum atomic E-state index is -0.824. The predicted octanol–water partition coefficient (Wildman–Crippen LogP) is 2.11. The summed E-state index contributed by atoms with van der Waals surface area (Å²) in [7, 11) is 0. The fraction of sp³-hybridized carbons (Fsp3) is 0.429. The van der Waals surface area contributed by atoms with Crippen molar-refractivity contribution in [3.05, 3.63) is 34.3 Å². The summed E-state index contributed by atoms with van der Waals surface area (Å²) < 4.78 is 1.03. The van der Waals surface area contributed by atoms with Gasteiger partial charge in [-0.2, -0.15) is 0 Å². The molecule has 1 heterocycles. The number of carboxylic acids is 1. The van der Waals surface area contributed by atoms with Crippen molar-refractivity contribution in [1.29, 1.82) is 0 Å². The maximum atomic E-state index is 11.9. The lowest BCUT2D eigenvalue weighted by molar-refractivity contribution is -0.141. The van der Waals surface area contributed by atoms with E-state index in [2.05, 4.69) is 21.2 Å². The molecule has 108 valence electrons. The van der Waals surface area contributed by atoms with E-state index in [9.17, 15) is 9.59 Å². The molecule has 20 heavy (non-hydrogen) atoms. The molecule has 0 radical (unpaired) electrons. The quantitative estimate of drug-likeness (QED) is 0.881. The normalized spacial score (nSPS) is 18.1. The first-order chi connectivity index (χ1) is 9.56. The third kappa shape index (κ3) is 3.96. The summed E-state index contributed by atoms with van der Waals surface area (Å²) in [5.74, 6) is -1.25. The molecule has 0 bridgehead atoms. The number of benzene rings is 1. The zero-order valence-electron chi connectivity index (χ0n) is 11.0. The largest absolute Gasteiger partial charge is 0.481 e. The Morgan fingerprint density at radius 3 is 2.65 bits per heavy atom. The lowest BCUT2D eigenvalue weighted by Crippen LogP contribution is -2.39. The van der Waals surface area contributed by atoms with E-state index in [0.29, 0.717) is 26.1 Å². The first-order valence-electron chi connectivity index (χ1n) is 6.56. The Labute approximate surface area is 126 Å². The van der Waals surface area contributed by atoms with Gasteiger partial charge in [-0.1, -0.05) is 28.1 Å². The number of nitrogens with zero attached hydrogens (tertiary/aromatic N) is 1. The summed E-state index contributed by atoms with van der Waals surface area (Å²) in [5.41, 5.74) is 1.15. The lowest BCUT2D eigenvalue weighted by atomic mass is 10.1. The van der Waals surface area contributed by atoms with Crippen LogP contribution in [0.25, 0.3) is 0 Å². The van der Waals surface area contributed by atoms with E-state index < -0.39 is 11.9 Å². The van der Waals surface area contributed by atoms with Crippen molar-refractivity contribution in [2.75, 3.05) is 19.6 Å². The molecule has 0 aliphatic carbocycles. The Kier molecular flexibility index (Phi) is 5.00. The van der Waals surface area contributed by atoms with Gasteiger partial charge in [-0.3, -0.25) is 4.79 Å². The average Bonchev–Trinajstić information content (AvgIpc) is 2.91. The van der Waals surface area contributed by atoms with Crippen molar-refractivity contribution in [3.8, 4) is 0 Å². The third-order valence-corrected chi connectivity index (χ3v) is 3.96. The maximum Gasteiger partial charge on any atom is 0.317 e. The van der Waals surface area contributed by atoms with Crippen LogP contribution >= 0.6 is 15.9 Å². The second-order valence-electron chi connectivity index (χ2n) is 4.88. The minimum Gasteiger partial charge on any atom is -0.481 e. The molecular formula is C14H17BrN2O3. The number of halogens is 1. The molecule has 2 N–H and O–H groups in total. The smallest absolute Gasteiger partial charge is 0.317 e. The molecule has 6 heteroatoms. The molecule has 1 aromatic rings. The molecule has 2 rings (SSSR count). The Morgan fingerprint density at radius 2 is 2.05 bits per heavy atom. The Balaban J connectivity index is 1.73. The molecule has 1 saturated heterocycles. The van der Waals surface area contributed by atoms with Gasteiger partial charge in [0.1, 0.15) is 0 Å². The van der Waals surface area contributed by atoms with Gasteiger partial charge in [0.15, 0.2) is 0 Å². The number of likely N-dealkylation sites (tertiary alicyclic amines) is 1. The van der Waals surface area contributed by atoms with Crippen molar-refractivity contribution in [2.45, 2.75) is 12.8 Å². The van der Waals surface area contributed by atoms with Gasteiger partial charge in [0.2, 0.25) is 0 Å². The topological polar surface area (TPSA) is 69.6 Å². The fourth-order valence-corrected chi connectivity index (χ4v) is 2.49. The van der Waals surface area contributed by atoms with Crippen LogP contribution in [0.2, 0.25) is 0 Å². The molecule has 1 fully saturated rings. The number of nitrogens with one attached hydrogen (secondary N) is 1. The Bertz CT molecular complexity index is 490. The summed E-state index contributed by atoms with van der Waals surface area (Å²) in [4.78, 5) is 24.3. The standard InChI is InChI=1S/C14H17BrN2O3/c15-12-3-1-10(2-4-12)5-7-16-14(20)17-8-6-11(9-17)13(18)19/h1-4,11H,5-9H2,(H,16,20)(H,18,19). The van der Waals surface area contributed by atoms with Gasteiger partial charge < -0.3 is 15.3 Å². The lowest BCUT2D eigenvalue weighted by Gasteiger charge is -2.16. The van der Waals surface area contributed by atoms with Gasteiger partial charge in [0.05, 0.1) is 5.92 Å². The molecule has 1 atom stereocenters. The van der Waals surface area contributed by atoms with E-state index in [1.165, 1.54) is 0 Å². The zero-order valence-corrected chi connectivity index (χ0v) is 12.6. The molecule has 0 aromatic heterocycles. The van der Waals surface area contributed by atoms with Gasteiger partial charge in [-0.15, -0.1) is 0 Å². The number of rotatable bonds is 4. The highest BCUT2D eigenvalue weighted by Gasteiger charge is 2.30. The summed E-state index contributed by atoms with van der Waals surface area (Å²) in [6.07, 6.45) is 1.30. The van der Waals surface area contributed by atoms with Crippen molar-refractivity contribution in [3.63, 3.8) is 0 Å². The van der Waals surface area contributed by atoms with E-state index in [-0.39, 0.29) is 6.03 Å². The number of hydrogen-bond donors (Lipinski definition) is 2. The molecule has 1 aliphatic rings. The van der Waals surface area contributed by atoms with Crippen molar-refractivity contribution < 1.29 is 14.7 Å². The van der Waals surface area contributed by atoms with Gasteiger partial charge >= 0.3 is 12.0 Å². The number of carboxylic acid groups (broad SMARTS) is 1. The number of carbonyl (C=O) groups is 2. The summed E-state index contributed by atoms with van der Waals surface area (Å²) in [5, 5.41) is 11.7.